The number of methoxy groups -OCH3 is 1. The van der Waals surface area contributed by atoms with Crippen molar-refractivity contribution in [3.8, 4) is 40.5 Å². The van der Waals surface area contributed by atoms with Crippen molar-refractivity contribution in [2.45, 2.75) is 10.8 Å². The number of anilines is 1. The Kier molecular flexibility index (Phi) is 6.67. The van der Waals surface area contributed by atoms with Crippen LogP contribution in [0.2, 0.25) is 0 Å². The Balaban J connectivity index is 1.75. The van der Waals surface area contributed by atoms with E-state index in [4.69, 9.17) is 14.9 Å². The first-order chi connectivity index (χ1) is 17.0. The molecule has 0 aliphatic carbocycles. The van der Waals surface area contributed by atoms with E-state index in [0.29, 0.717) is 22.4 Å². The van der Waals surface area contributed by atoms with E-state index in [1.54, 1.807) is 48.5 Å². The topological polar surface area (TPSA) is 159 Å². The first-order valence-electron chi connectivity index (χ1n) is 10.2. The Labute approximate surface area is 204 Å². The van der Waals surface area contributed by atoms with Gasteiger partial charge in [-0.1, -0.05) is 42.1 Å². The van der Waals surface area contributed by atoms with E-state index in [0.717, 1.165) is 11.8 Å². The van der Waals surface area contributed by atoms with Gasteiger partial charge in [-0.05, 0) is 29.8 Å². The molecule has 0 amide bonds. The third-order valence-corrected chi connectivity index (χ3v) is 6.04. The van der Waals surface area contributed by atoms with Crippen molar-refractivity contribution in [3.05, 3.63) is 77.2 Å². The molecule has 0 unspecified atom stereocenters. The van der Waals surface area contributed by atoms with E-state index >= 15 is 0 Å². The third kappa shape index (κ3) is 4.64. The number of aromatic carboxylic acids is 1. The summed E-state index contributed by atoms with van der Waals surface area (Å²) < 4.78 is 10.7. The van der Waals surface area contributed by atoms with E-state index in [9.17, 15) is 20.4 Å². The molecule has 3 N–H and O–H groups in total. The highest BCUT2D eigenvalue weighted by Crippen LogP contribution is 2.37. The number of benzene rings is 2. The second kappa shape index (κ2) is 10.00. The molecule has 0 saturated carbocycles. The van der Waals surface area contributed by atoms with Gasteiger partial charge in [0.25, 0.3) is 0 Å². The number of nitrogens with zero attached hydrogens (tertiary/aromatic N) is 4. The number of carboxylic acids is 1. The number of nitrogens with two attached hydrogens (primary N) is 1. The van der Waals surface area contributed by atoms with E-state index in [2.05, 4.69) is 16.0 Å². The van der Waals surface area contributed by atoms with Crippen LogP contribution in [0.15, 0.2) is 64.0 Å². The molecule has 35 heavy (non-hydrogen) atoms. The number of nitrogen functional groups attached to an aromatic ring is 1. The van der Waals surface area contributed by atoms with Crippen LogP contribution < -0.4 is 10.5 Å². The smallest absolute Gasteiger partial charge is 0.373 e. The maximum absolute atomic E-state index is 11.8. The average Bonchev–Trinajstić information content (AvgIpc) is 3.32. The van der Waals surface area contributed by atoms with Crippen LogP contribution in [-0.2, 0) is 5.75 Å². The minimum absolute atomic E-state index is 0.0385. The molecule has 172 valence electrons. The van der Waals surface area contributed by atoms with Crippen LogP contribution >= 0.6 is 11.8 Å². The second-order valence-corrected chi connectivity index (χ2v) is 8.10. The number of rotatable bonds is 7. The number of thioether (sulfide) groups is 1. The number of hydrogen-bond acceptors (Lipinski definition) is 9. The second-order valence-electron chi connectivity index (χ2n) is 7.13. The van der Waals surface area contributed by atoms with Gasteiger partial charge in [0.15, 0.2) is 0 Å². The minimum atomic E-state index is -1.26. The van der Waals surface area contributed by atoms with Gasteiger partial charge in [-0.3, -0.25) is 0 Å². The highest BCUT2D eigenvalue weighted by molar-refractivity contribution is 7.98. The van der Waals surface area contributed by atoms with Crippen molar-refractivity contribution >= 4 is 23.5 Å². The fourth-order valence-corrected chi connectivity index (χ4v) is 4.33. The molecule has 0 bridgehead atoms. The van der Waals surface area contributed by atoms with Crippen LogP contribution in [0.4, 0.5) is 5.82 Å². The summed E-state index contributed by atoms with van der Waals surface area (Å²) in [7, 11) is 1.54. The third-order valence-electron chi connectivity index (χ3n) is 5.05. The van der Waals surface area contributed by atoms with Crippen molar-refractivity contribution in [2.24, 2.45) is 0 Å². The predicted octanol–water partition coefficient (Wildman–Crippen LogP) is 4.73. The van der Waals surface area contributed by atoms with Gasteiger partial charge in [-0.2, -0.15) is 10.5 Å². The molecular weight excluding hydrogens is 466 g/mol. The Morgan fingerprint density at radius 1 is 1.06 bits per heavy atom. The lowest BCUT2D eigenvalue weighted by atomic mass is 9.97. The summed E-state index contributed by atoms with van der Waals surface area (Å²) in [4.78, 5) is 20.4. The zero-order valence-electron chi connectivity index (χ0n) is 18.3. The number of carbonyl (C=O) groups is 1. The van der Waals surface area contributed by atoms with Crippen molar-refractivity contribution in [2.75, 3.05) is 12.8 Å². The number of ether oxygens (including phenoxy) is 1. The number of oxazole rings is 1. The van der Waals surface area contributed by atoms with Crippen LogP contribution in [0.1, 0.15) is 27.4 Å². The average molecular weight is 484 g/mol. The molecule has 0 aliphatic rings. The van der Waals surface area contributed by atoms with Gasteiger partial charge in [0.05, 0.1) is 12.7 Å². The molecule has 4 aromatic rings. The van der Waals surface area contributed by atoms with Crippen LogP contribution in [-0.4, -0.2) is 28.2 Å². The molecule has 2 aromatic carbocycles. The van der Waals surface area contributed by atoms with Gasteiger partial charge in [0, 0.05) is 16.9 Å². The molecular formula is C25H17N5O4S. The normalized spacial score (nSPS) is 10.4. The molecule has 9 nitrogen and oxygen atoms in total. The van der Waals surface area contributed by atoms with Gasteiger partial charge < -0.3 is 20.0 Å². The van der Waals surface area contributed by atoms with Crippen LogP contribution in [0, 0.1) is 22.7 Å². The van der Waals surface area contributed by atoms with E-state index < -0.39 is 5.97 Å². The van der Waals surface area contributed by atoms with Crippen molar-refractivity contribution in [1.29, 1.82) is 10.5 Å². The van der Waals surface area contributed by atoms with Crippen molar-refractivity contribution < 1.29 is 19.1 Å². The first kappa shape index (κ1) is 23.4. The summed E-state index contributed by atoms with van der Waals surface area (Å²) in [5.41, 5.74) is 8.04. The first-order valence-corrected chi connectivity index (χ1v) is 11.1. The quantitative estimate of drug-likeness (QED) is 0.352. The maximum Gasteiger partial charge on any atom is 0.373 e. The lowest BCUT2D eigenvalue weighted by molar-refractivity contribution is 0.0662. The highest BCUT2D eigenvalue weighted by Gasteiger charge is 2.24. The largest absolute Gasteiger partial charge is 0.497 e. The molecule has 0 aliphatic heterocycles. The minimum Gasteiger partial charge on any atom is -0.497 e. The van der Waals surface area contributed by atoms with Gasteiger partial charge in [-0.25, -0.2) is 14.8 Å². The fraction of sp³-hybridized carbons (Fsp3) is 0.0800. The lowest BCUT2D eigenvalue weighted by Crippen LogP contribution is -2.04. The summed E-state index contributed by atoms with van der Waals surface area (Å²) in [6.07, 6.45) is 0. The number of pyridine rings is 1. The van der Waals surface area contributed by atoms with Gasteiger partial charge >= 0.3 is 5.97 Å². The van der Waals surface area contributed by atoms with Gasteiger partial charge in [-0.15, -0.1) is 0 Å². The summed E-state index contributed by atoms with van der Waals surface area (Å²) in [6, 6.07) is 19.9. The molecule has 0 fully saturated rings. The van der Waals surface area contributed by atoms with Crippen molar-refractivity contribution in [1.82, 2.24) is 9.97 Å². The predicted molar refractivity (Wildman–Crippen MR) is 129 cm³/mol. The molecule has 2 aromatic heterocycles. The van der Waals surface area contributed by atoms with Crippen LogP contribution in [0.3, 0.4) is 0 Å². The molecule has 10 heteroatoms. The summed E-state index contributed by atoms with van der Waals surface area (Å²) in [5.74, 6) is -0.765. The van der Waals surface area contributed by atoms with E-state index in [-0.39, 0.29) is 45.1 Å². The monoisotopic (exact) mass is 483 g/mol. The Bertz CT molecular complexity index is 1490. The maximum atomic E-state index is 11.8. The fourth-order valence-electron chi connectivity index (χ4n) is 3.41. The molecule has 0 radical (unpaired) electrons. The van der Waals surface area contributed by atoms with Gasteiger partial charge in [0.1, 0.15) is 40.0 Å². The Hall–Kier alpha value is -4.80. The molecule has 0 spiro atoms. The Morgan fingerprint density at radius 3 is 2.34 bits per heavy atom. The summed E-state index contributed by atoms with van der Waals surface area (Å²) in [5, 5.41) is 29.5. The SMILES string of the molecule is COc1ccc(-c2c(C#N)c(N)nc(SCc3nc(-c4ccccc4)oc3C(=O)O)c2C#N)cc1. The van der Waals surface area contributed by atoms with E-state index in [1.807, 2.05) is 12.1 Å². The molecule has 0 saturated heterocycles. The molecule has 4 rings (SSSR count). The van der Waals surface area contributed by atoms with Crippen molar-refractivity contribution in [3.63, 3.8) is 0 Å². The van der Waals surface area contributed by atoms with Crippen LogP contribution in [0.5, 0.6) is 5.75 Å². The van der Waals surface area contributed by atoms with Gasteiger partial charge in [0.2, 0.25) is 11.7 Å². The molecule has 2 heterocycles. The van der Waals surface area contributed by atoms with E-state index in [1.165, 1.54) is 7.11 Å². The number of carboxylic acid groups (broad SMARTS) is 1. The zero-order chi connectivity index (χ0) is 24.9. The summed E-state index contributed by atoms with van der Waals surface area (Å²) in [6.45, 7) is 0. The molecule has 0 atom stereocenters. The number of nitriles is 2. The highest BCUT2D eigenvalue weighted by atomic mass is 32.2. The number of hydrogen-bond donors (Lipinski definition) is 2. The standard InChI is InChI=1S/C25H17N5O4S/c1-33-16-9-7-14(8-10-16)20-17(11-26)22(28)30-24(18(20)12-27)35-13-19-21(25(31)32)34-23(29-19)15-5-3-2-4-6-15/h2-10H,13H2,1H3,(H2,28,30)(H,31,32). The summed E-state index contributed by atoms with van der Waals surface area (Å²) >= 11 is 1.08. The van der Waals surface area contributed by atoms with Crippen LogP contribution in [0.25, 0.3) is 22.6 Å². The Morgan fingerprint density at radius 2 is 1.74 bits per heavy atom. The number of aromatic nitrogens is 2. The lowest BCUT2D eigenvalue weighted by Gasteiger charge is -2.13. The zero-order valence-corrected chi connectivity index (χ0v) is 19.2.